The van der Waals surface area contributed by atoms with Gasteiger partial charge in [-0.15, -0.1) is 0 Å². The fourth-order valence-corrected chi connectivity index (χ4v) is 3.91. The number of fused-ring (bicyclic) bond motifs is 5. The minimum atomic E-state index is -0.590. The van der Waals surface area contributed by atoms with E-state index >= 15 is 0 Å². The number of ether oxygens (including phenoxy) is 2. The third-order valence-corrected chi connectivity index (χ3v) is 5.56. The van der Waals surface area contributed by atoms with Gasteiger partial charge in [0.2, 0.25) is 5.43 Å². The second kappa shape index (κ2) is 10.7. The van der Waals surface area contributed by atoms with Crippen molar-refractivity contribution < 1.29 is 19.4 Å². The molecule has 2 bridgehead atoms. The lowest BCUT2D eigenvalue weighted by Crippen LogP contribution is -2.57. The number of methoxy groups -OCH3 is 1. The Morgan fingerprint density at radius 3 is 2.44 bits per heavy atom. The number of nitrogens with zero attached hydrogens (tertiary/aromatic N) is 3. The standard InChI is InChI=1S/C20H21N3O5.C6H6/c1-27-12-15-6-4-10-28-17-7-3-2-5-14(17)11-21-13-22(15)20(26)18-19(25)16(24)8-9-23(18)21;1-2-4-6-5-3-1/h2-9,15,25H,10-13H2,1H3;1-6H/b6-4+;/t15-;/m0./s1. The molecule has 3 aromatic rings. The Morgan fingerprint density at radius 2 is 1.74 bits per heavy atom. The van der Waals surface area contributed by atoms with Gasteiger partial charge in [-0.25, -0.2) is 0 Å². The highest BCUT2D eigenvalue weighted by atomic mass is 16.5. The highest BCUT2D eigenvalue weighted by molar-refractivity contribution is 5.96. The summed E-state index contributed by atoms with van der Waals surface area (Å²) in [5, 5.41) is 12.2. The van der Waals surface area contributed by atoms with Gasteiger partial charge in [-0.1, -0.05) is 60.7 Å². The van der Waals surface area contributed by atoms with Crippen molar-refractivity contribution in [1.82, 2.24) is 9.58 Å². The number of rotatable bonds is 2. The van der Waals surface area contributed by atoms with Gasteiger partial charge in [0.25, 0.3) is 5.91 Å². The fourth-order valence-electron chi connectivity index (χ4n) is 3.91. The highest BCUT2D eigenvalue weighted by Crippen LogP contribution is 2.26. The van der Waals surface area contributed by atoms with Crippen LogP contribution in [0.1, 0.15) is 16.1 Å². The molecular weight excluding hydrogens is 434 g/mol. The third-order valence-electron chi connectivity index (χ3n) is 5.56. The van der Waals surface area contributed by atoms with Crippen LogP contribution in [0.5, 0.6) is 11.5 Å². The van der Waals surface area contributed by atoms with Gasteiger partial charge in [0.15, 0.2) is 11.4 Å². The molecule has 8 heteroatoms. The molecule has 176 valence electrons. The van der Waals surface area contributed by atoms with Crippen LogP contribution in [0.2, 0.25) is 0 Å². The molecule has 1 atom stereocenters. The van der Waals surface area contributed by atoms with Gasteiger partial charge in [0.05, 0.1) is 19.2 Å². The first-order valence-electron chi connectivity index (χ1n) is 11.0. The van der Waals surface area contributed by atoms with Crippen LogP contribution in [0, 0.1) is 0 Å². The van der Waals surface area contributed by atoms with E-state index in [1.54, 1.807) is 12.0 Å². The lowest BCUT2D eigenvalue weighted by atomic mass is 10.1. The number of amides is 1. The van der Waals surface area contributed by atoms with Gasteiger partial charge < -0.3 is 19.5 Å². The van der Waals surface area contributed by atoms with Gasteiger partial charge in [0.1, 0.15) is 19.0 Å². The third kappa shape index (κ3) is 4.97. The highest BCUT2D eigenvalue weighted by Gasteiger charge is 2.35. The number of aromatic nitrogens is 1. The molecule has 1 N–H and O–H groups in total. The number of hydrogen-bond donors (Lipinski definition) is 1. The number of carbonyl (C=O) groups is 1. The van der Waals surface area contributed by atoms with Crippen molar-refractivity contribution in [3.63, 3.8) is 0 Å². The minimum absolute atomic E-state index is 0.0501. The molecule has 2 aromatic carbocycles. The molecule has 34 heavy (non-hydrogen) atoms. The van der Waals surface area contributed by atoms with Crippen molar-refractivity contribution in [2.75, 3.05) is 32.0 Å². The molecule has 2 aliphatic rings. The van der Waals surface area contributed by atoms with Crippen molar-refractivity contribution in [2.24, 2.45) is 0 Å². The summed E-state index contributed by atoms with van der Waals surface area (Å²) in [7, 11) is 1.56. The topological polar surface area (TPSA) is 84.2 Å². The molecule has 3 heterocycles. The van der Waals surface area contributed by atoms with E-state index in [1.165, 1.54) is 16.9 Å². The quantitative estimate of drug-likeness (QED) is 0.591. The van der Waals surface area contributed by atoms with Crippen molar-refractivity contribution in [3.8, 4) is 11.5 Å². The summed E-state index contributed by atoms with van der Waals surface area (Å²) >= 11 is 0. The summed E-state index contributed by atoms with van der Waals surface area (Å²) in [4.78, 5) is 26.7. The molecule has 2 aliphatic heterocycles. The maximum atomic E-state index is 13.1. The summed E-state index contributed by atoms with van der Waals surface area (Å²) in [5.74, 6) is -0.235. The van der Waals surface area contributed by atoms with E-state index in [4.69, 9.17) is 9.47 Å². The Bertz CT molecular complexity index is 1180. The molecule has 0 radical (unpaired) electrons. The molecular formula is C26H27N3O5. The molecule has 0 saturated carbocycles. The summed E-state index contributed by atoms with van der Waals surface area (Å²) in [6.07, 6.45) is 5.20. The minimum Gasteiger partial charge on any atom is -0.502 e. The summed E-state index contributed by atoms with van der Waals surface area (Å²) in [6.45, 7) is 1.33. The summed E-state index contributed by atoms with van der Waals surface area (Å²) in [5.41, 5.74) is 0.290. The Balaban J connectivity index is 0.000000398. The van der Waals surface area contributed by atoms with E-state index in [9.17, 15) is 14.7 Å². The number of carbonyl (C=O) groups excluding carboxylic acids is 1. The van der Waals surface area contributed by atoms with Crippen LogP contribution in [0.4, 0.5) is 0 Å². The Kier molecular flexibility index (Phi) is 7.29. The Morgan fingerprint density at radius 1 is 1.03 bits per heavy atom. The average molecular weight is 462 g/mol. The SMILES string of the molecule is COC[C@@H]1/C=C/COc2ccccc2CN2CN1C(=O)c1c(O)c(=O)ccn12.c1ccccc1. The summed E-state index contributed by atoms with van der Waals surface area (Å²) < 4.78 is 12.7. The lowest BCUT2D eigenvalue weighted by Gasteiger charge is -2.42. The average Bonchev–Trinajstić information content (AvgIpc) is 2.89. The van der Waals surface area contributed by atoms with E-state index in [0.717, 1.165) is 11.3 Å². The van der Waals surface area contributed by atoms with Gasteiger partial charge in [-0.2, -0.15) is 0 Å². The van der Waals surface area contributed by atoms with Crippen molar-refractivity contribution in [3.05, 3.63) is 107 Å². The second-order valence-corrected chi connectivity index (χ2v) is 7.83. The largest absolute Gasteiger partial charge is 0.502 e. The second-order valence-electron chi connectivity index (χ2n) is 7.83. The molecule has 1 amide bonds. The number of benzene rings is 2. The van der Waals surface area contributed by atoms with E-state index in [1.807, 2.05) is 77.8 Å². The van der Waals surface area contributed by atoms with Crippen molar-refractivity contribution in [2.45, 2.75) is 12.6 Å². The number of hydrogen-bond acceptors (Lipinski definition) is 6. The first-order chi connectivity index (χ1) is 16.6. The van der Waals surface area contributed by atoms with E-state index in [0.29, 0.717) is 13.2 Å². The molecule has 0 fully saturated rings. The van der Waals surface area contributed by atoms with Crippen LogP contribution < -0.4 is 15.2 Å². The maximum absolute atomic E-state index is 13.1. The van der Waals surface area contributed by atoms with Crippen LogP contribution in [0.3, 0.4) is 0 Å². The Hall–Kier alpha value is -4.04. The molecule has 0 spiro atoms. The zero-order chi connectivity index (χ0) is 23.9. The first kappa shape index (κ1) is 23.1. The summed E-state index contributed by atoms with van der Waals surface area (Å²) in [6, 6.07) is 20.5. The van der Waals surface area contributed by atoms with Gasteiger partial charge in [-0.3, -0.25) is 19.3 Å². The van der Waals surface area contributed by atoms with Crippen LogP contribution in [-0.4, -0.2) is 53.6 Å². The number of aromatic hydroxyl groups is 1. The molecule has 0 unspecified atom stereocenters. The van der Waals surface area contributed by atoms with Crippen LogP contribution in [0.15, 0.2) is 89.9 Å². The number of pyridine rings is 1. The van der Waals surface area contributed by atoms with Crippen LogP contribution in [0.25, 0.3) is 0 Å². The molecule has 5 rings (SSSR count). The monoisotopic (exact) mass is 461 g/mol. The zero-order valence-electron chi connectivity index (χ0n) is 18.9. The maximum Gasteiger partial charge on any atom is 0.278 e. The van der Waals surface area contributed by atoms with Crippen LogP contribution in [-0.2, 0) is 11.3 Å². The zero-order valence-corrected chi connectivity index (χ0v) is 18.9. The van der Waals surface area contributed by atoms with Gasteiger partial charge >= 0.3 is 0 Å². The van der Waals surface area contributed by atoms with Gasteiger partial charge in [-0.05, 0) is 12.1 Å². The molecule has 0 saturated heterocycles. The van der Waals surface area contributed by atoms with Crippen LogP contribution >= 0.6 is 0 Å². The lowest BCUT2D eigenvalue weighted by molar-refractivity contribution is 0.0525. The van der Waals surface area contributed by atoms with E-state index < -0.39 is 17.1 Å². The predicted molar refractivity (Wildman–Crippen MR) is 129 cm³/mol. The molecule has 8 nitrogen and oxygen atoms in total. The molecule has 0 aliphatic carbocycles. The first-order valence-corrected chi connectivity index (χ1v) is 11.0. The van der Waals surface area contributed by atoms with E-state index in [2.05, 4.69) is 0 Å². The van der Waals surface area contributed by atoms with Crippen molar-refractivity contribution >= 4 is 5.91 Å². The smallest absolute Gasteiger partial charge is 0.278 e. The number of para-hydroxylation sites is 1. The predicted octanol–water partition coefficient (Wildman–Crippen LogP) is 2.76. The van der Waals surface area contributed by atoms with E-state index in [-0.39, 0.29) is 25.0 Å². The molecule has 1 aromatic heterocycles. The van der Waals surface area contributed by atoms with Gasteiger partial charge in [0, 0.05) is 24.9 Å². The van der Waals surface area contributed by atoms with Crippen molar-refractivity contribution in [1.29, 1.82) is 0 Å². The Labute approximate surface area is 197 Å². The fraction of sp³-hybridized carbons (Fsp3) is 0.231. The normalized spacial score (nSPS) is 17.8.